The molecule has 132 valence electrons. The summed E-state index contributed by atoms with van der Waals surface area (Å²) in [5.74, 6) is 0.0772. The van der Waals surface area contributed by atoms with Gasteiger partial charge in [-0.2, -0.15) is 0 Å². The summed E-state index contributed by atoms with van der Waals surface area (Å²) in [5, 5.41) is 0. The maximum Gasteiger partial charge on any atom is 0.240 e. The Balaban J connectivity index is 1.67. The predicted octanol–water partition coefficient (Wildman–Crippen LogP) is 0.600. The minimum atomic E-state index is -3.63. The van der Waals surface area contributed by atoms with Crippen LogP contribution in [-0.4, -0.2) is 46.2 Å². The molecule has 1 aromatic rings. The number of nitrogens with two attached hydrogens (primary N) is 1. The molecule has 8 heteroatoms. The predicted molar refractivity (Wildman–Crippen MR) is 90.2 cm³/mol. The van der Waals surface area contributed by atoms with Crippen molar-refractivity contribution in [3.63, 3.8) is 0 Å². The minimum Gasteiger partial charge on any atom is -0.381 e. The summed E-state index contributed by atoms with van der Waals surface area (Å²) in [5.41, 5.74) is 6.39. The van der Waals surface area contributed by atoms with Gasteiger partial charge < -0.3 is 15.4 Å². The number of sulfonamides is 1. The zero-order valence-corrected chi connectivity index (χ0v) is 14.3. The van der Waals surface area contributed by atoms with E-state index < -0.39 is 15.6 Å². The van der Waals surface area contributed by atoms with E-state index in [2.05, 4.69) is 4.72 Å². The van der Waals surface area contributed by atoms with Gasteiger partial charge in [0.05, 0.1) is 4.90 Å². The maximum atomic E-state index is 12.4. The number of rotatable bonds is 5. The molecule has 0 aliphatic carbocycles. The third-order valence-electron chi connectivity index (χ3n) is 4.63. The summed E-state index contributed by atoms with van der Waals surface area (Å²) in [6.45, 7) is 1.97. The van der Waals surface area contributed by atoms with E-state index in [1.165, 1.54) is 12.1 Å². The van der Waals surface area contributed by atoms with Crippen LogP contribution in [0.1, 0.15) is 25.7 Å². The van der Waals surface area contributed by atoms with Crippen LogP contribution in [0.25, 0.3) is 0 Å². The number of nitrogens with one attached hydrogen (secondary N) is 1. The Morgan fingerprint density at radius 1 is 1.21 bits per heavy atom. The van der Waals surface area contributed by atoms with Crippen molar-refractivity contribution in [2.24, 2.45) is 5.73 Å². The van der Waals surface area contributed by atoms with Gasteiger partial charge in [0.2, 0.25) is 15.9 Å². The standard InChI is InChI=1S/C16H23N3O4S/c17-16(7-10-23-11-8-16)12-18-24(21,22)14-5-3-13(4-6-14)19-9-1-2-15(19)20/h3-6,18H,1-2,7-12,17H2. The van der Waals surface area contributed by atoms with Gasteiger partial charge in [-0.1, -0.05) is 0 Å². The summed E-state index contributed by atoms with van der Waals surface area (Å²) in [6.07, 6.45) is 2.64. The molecule has 3 rings (SSSR count). The molecule has 7 nitrogen and oxygen atoms in total. The van der Waals surface area contributed by atoms with Crippen LogP contribution in [0.15, 0.2) is 29.2 Å². The Labute approximate surface area is 142 Å². The highest BCUT2D eigenvalue weighted by molar-refractivity contribution is 7.89. The van der Waals surface area contributed by atoms with Gasteiger partial charge in [0, 0.05) is 44.0 Å². The number of nitrogens with zero attached hydrogens (tertiary/aromatic N) is 1. The van der Waals surface area contributed by atoms with E-state index in [4.69, 9.17) is 10.5 Å². The van der Waals surface area contributed by atoms with Gasteiger partial charge in [0.15, 0.2) is 0 Å². The molecule has 0 saturated carbocycles. The van der Waals surface area contributed by atoms with Crippen molar-refractivity contribution in [3.8, 4) is 0 Å². The molecule has 2 heterocycles. The molecule has 1 amide bonds. The normalized spacial score (nSPS) is 21.2. The Morgan fingerprint density at radius 2 is 1.88 bits per heavy atom. The van der Waals surface area contributed by atoms with Gasteiger partial charge in [-0.3, -0.25) is 4.79 Å². The fraction of sp³-hybridized carbons (Fsp3) is 0.562. The van der Waals surface area contributed by atoms with Gasteiger partial charge in [-0.15, -0.1) is 0 Å². The number of ether oxygens (including phenoxy) is 1. The number of carbonyl (C=O) groups excluding carboxylic acids is 1. The van der Waals surface area contributed by atoms with Gasteiger partial charge in [-0.25, -0.2) is 13.1 Å². The first kappa shape index (κ1) is 17.3. The molecule has 1 aromatic carbocycles. The molecule has 3 N–H and O–H groups in total. The van der Waals surface area contributed by atoms with E-state index in [1.807, 2.05) is 0 Å². The van der Waals surface area contributed by atoms with E-state index in [-0.39, 0.29) is 17.3 Å². The maximum absolute atomic E-state index is 12.4. The molecule has 2 fully saturated rings. The van der Waals surface area contributed by atoms with Crippen molar-refractivity contribution < 1.29 is 17.9 Å². The second-order valence-electron chi connectivity index (χ2n) is 6.44. The van der Waals surface area contributed by atoms with Crippen LogP contribution >= 0.6 is 0 Å². The van der Waals surface area contributed by atoms with E-state index in [0.717, 1.165) is 12.1 Å². The molecule has 0 spiro atoms. The van der Waals surface area contributed by atoms with Crippen molar-refractivity contribution in [1.29, 1.82) is 0 Å². The van der Waals surface area contributed by atoms with Crippen LogP contribution < -0.4 is 15.4 Å². The third kappa shape index (κ3) is 3.77. The number of anilines is 1. The highest BCUT2D eigenvalue weighted by Gasteiger charge is 2.30. The zero-order chi connectivity index (χ0) is 17.2. The Morgan fingerprint density at radius 3 is 2.46 bits per heavy atom. The highest BCUT2D eigenvalue weighted by atomic mass is 32.2. The van der Waals surface area contributed by atoms with E-state index >= 15 is 0 Å². The fourth-order valence-corrected chi connectivity index (χ4v) is 4.14. The molecule has 0 radical (unpaired) electrons. The summed E-state index contributed by atoms with van der Waals surface area (Å²) < 4.78 is 32.7. The topological polar surface area (TPSA) is 102 Å². The van der Waals surface area contributed by atoms with Crippen molar-refractivity contribution in [2.75, 3.05) is 31.2 Å². The molecule has 2 aliphatic heterocycles. The first-order valence-corrected chi connectivity index (χ1v) is 9.65. The van der Waals surface area contributed by atoms with Crippen molar-refractivity contribution in [2.45, 2.75) is 36.1 Å². The third-order valence-corrected chi connectivity index (χ3v) is 6.05. The summed E-state index contributed by atoms with van der Waals surface area (Å²) in [7, 11) is -3.63. The number of hydrogen-bond acceptors (Lipinski definition) is 5. The molecule has 2 aliphatic rings. The largest absolute Gasteiger partial charge is 0.381 e. The first-order chi connectivity index (χ1) is 11.4. The fourth-order valence-electron chi connectivity index (χ4n) is 3.00. The zero-order valence-electron chi connectivity index (χ0n) is 13.5. The molecule has 0 atom stereocenters. The monoisotopic (exact) mass is 353 g/mol. The summed E-state index contributed by atoms with van der Waals surface area (Å²) in [6, 6.07) is 6.39. The Kier molecular flexibility index (Phi) is 4.91. The SMILES string of the molecule is NC1(CNS(=O)(=O)c2ccc(N3CCCC3=O)cc2)CCOCC1. The lowest BCUT2D eigenvalue weighted by Gasteiger charge is -2.33. The van der Waals surface area contributed by atoms with Crippen molar-refractivity contribution >= 4 is 21.6 Å². The van der Waals surface area contributed by atoms with Crippen LogP contribution in [0.3, 0.4) is 0 Å². The second kappa shape index (κ2) is 6.79. The van der Waals surface area contributed by atoms with Crippen LogP contribution in [0.4, 0.5) is 5.69 Å². The number of amides is 1. The van der Waals surface area contributed by atoms with E-state index in [9.17, 15) is 13.2 Å². The number of carbonyl (C=O) groups is 1. The Hall–Kier alpha value is -1.48. The molecular formula is C16H23N3O4S. The van der Waals surface area contributed by atoms with Crippen LogP contribution in [0, 0.1) is 0 Å². The van der Waals surface area contributed by atoms with Crippen LogP contribution in [0.2, 0.25) is 0 Å². The van der Waals surface area contributed by atoms with E-state index in [1.54, 1.807) is 17.0 Å². The molecule has 0 unspecified atom stereocenters. The average Bonchev–Trinajstić information content (AvgIpc) is 3.00. The molecule has 0 bridgehead atoms. The smallest absolute Gasteiger partial charge is 0.240 e. The van der Waals surface area contributed by atoms with E-state index in [0.29, 0.717) is 39.0 Å². The average molecular weight is 353 g/mol. The lowest BCUT2D eigenvalue weighted by Crippen LogP contribution is -2.53. The van der Waals surface area contributed by atoms with Crippen LogP contribution in [0.5, 0.6) is 0 Å². The summed E-state index contributed by atoms with van der Waals surface area (Å²) in [4.78, 5) is 13.6. The Bertz CT molecular complexity index is 697. The molecule has 0 aromatic heterocycles. The van der Waals surface area contributed by atoms with Gasteiger partial charge in [0.1, 0.15) is 0 Å². The minimum absolute atomic E-state index is 0.0772. The summed E-state index contributed by atoms with van der Waals surface area (Å²) >= 11 is 0. The first-order valence-electron chi connectivity index (χ1n) is 8.16. The lowest BCUT2D eigenvalue weighted by molar-refractivity contribution is -0.117. The second-order valence-corrected chi connectivity index (χ2v) is 8.21. The van der Waals surface area contributed by atoms with Crippen molar-refractivity contribution in [3.05, 3.63) is 24.3 Å². The van der Waals surface area contributed by atoms with Gasteiger partial charge in [0.25, 0.3) is 0 Å². The quantitative estimate of drug-likeness (QED) is 0.807. The van der Waals surface area contributed by atoms with Gasteiger partial charge >= 0.3 is 0 Å². The number of benzene rings is 1. The molecule has 24 heavy (non-hydrogen) atoms. The van der Waals surface area contributed by atoms with Crippen LogP contribution in [-0.2, 0) is 19.6 Å². The lowest BCUT2D eigenvalue weighted by atomic mass is 9.92. The van der Waals surface area contributed by atoms with Gasteiger partial charge in [-0.05, 0) is 43.5 Å². The number of hydrogen-bond donors (Lipinski definition) is 2. The highest BCUT2D eigenvalue weighted by Crippen LogP contribution is 2.23. The molecular weight excluding hydrogens is 330 g/mol. The van der Waals surface area contributed by atoms with Crippen molar-refractivity contribution in [1.82, 2.24) is 4.72 Å². The molecule has 2 saturated heterocycles.